The minimum atomic E-state index is 0.318. The van der Waals surface area contributed by atoms with Crippen molar-refractivity contribution in [3.8, 4) is 0 Å². The molecule has 3 rings (SSSR count). The highest BCUT2D eigenvalue weighted by Crippen LogP contribution is 2.28. The van der Waals surface area contributed by atoms with Gasteiger partial charge < -0.3 is 15.5 Å². The number of carbonyl (C=O) groups is 1. The zero-order valence-electron chi connectivity index (χ0n) is 15.8. The minimum Gasteiger partial charge on any atom is -0.357 e. The second kappa shape index (κ2) is 9.41. The van der Waals surface area contributed by atoms with Crippen LogP contribution in [0.1, 0.15) is 45.4 Å². The van der Waals surface area contributed by atoms with E-state index in [1.54, 1.807) is 0 Å². The largest absolute Gasteiger partial charge is 0.357 e. The van der Waals surface area contributed by atoms with Gasteiger partial charge in [0.15, 0.2) is 5.96 Å². The SMILES string of the molecule is CCNC(=NCC1CC1)NCCN1CCN(C(=O)C2CCCC2)CC1. The normalized spacial score (nSPS) is 23.1. The molecule has 3 fully saturated rings. The quantitative estimate of drug-likeness (QED) is 0.537. The predicted octanol–water partition coefficient (Wildman–Crippen LogP) is 1.29. The van der Waals surface area contributed by atoms with Crippen molar-refractivity contribution in [3.63, 3.8) is 0 Å². The topological polar surface area (TPSA) is 60.0 Å². The fourth-order valence-corrected chi connectivity index (χ4v) is 3.82. The maximum atomic E-state index is 12.5. The summed E-state index contributed by atoms with van der Waals surface area (Å²) in [6.45, 7) is 9.67. The van der Waals surface area contributed by atoms with Gasteiger partial charge in [-0.25, -0.2) is 0 Å². The minimum absolute atomic E-state index is 0.318. The number of aliphatic imine (C=N–C) groups is 1. The highest BCUT2D eigenvalue weighted by molar-refractivity contribution is 5.80. The van der Waals surface area contributed by atoms with Crippen LogP contribution in [0.3, 0.4) is 0 Å². The lowest BCUT2D eigenvalue weighted by atomic mass is 10.1. The number of amides is 1. The summed E-state index contributed by atoms with van der Waals surface area (Å²) in [7, 11) is 0. The van der Waals surface area contributed by atoms with E-state index in [0.717, 1.165) is 77.1 Å². The van der Waals surface area contributed by atoms with E-state index in [2.05, 4.69) is 32.3 Å². The van der Waals surface area contributed by atoms with Gasteiger partial charge in [-0.1, -0.05) is 12.8 Å². The Kier molecular flexibility index (Phi) is 6.96. The molecule has 1 aliphatic heterocycles. The third-order valence-corrected chi connectivity index (χ3v) is 5.66. The van der Waals surface area contributed by atoms with Gasteiger partial charge in [0.05, 0.1) is 0 Å². The van der Waals surface area contributed by atoms with Crippen molar-refractivity contribution in [2.45, 2.75) is 45.4 Å². The second-order valence-electron chi connectivity index (χ2n) is 7.74. The van der Waals surface area contributed by atoms with Crippen LogP contribution in [0.25, 0.3) is 0 Å². The molecule has 0 aromatic carbocycles. The highest BCUT2D eigenvalue weighted by Gasteiger charge is 2.29. The molecule has 6 heteroatoms. The van der Waals surface area contributed by atoms with Crippen molar-refractivity contribution >= 4 is 11.9 Å². The molecule has 1 amide bonds. The van der Waals surface area contributed by atoms with Crippen molar-refractivity contribution in [1.82, 2.24) is 20.4 Å². The van der Waals surface area contributed by atoms with Gasteiger partial charge in [-0.05, 0) is 38.5 Å². The summed E-state index contributed by atoms with van der Waals surface area (Å²) in [5.74, 6) is 2.50. The summed E-state index contributed by atoms with van der Waals surface area (Å²) >= 11 is 0. The number of hydrogen-bond acceptors (Lipinski definition) is 3. The summed E-state index contributed by atoms with van der Waals surface area (Å²) in [6.07, 6.45) is 7.36. The Labute approximate surface area is 152 Å². The average Bonchev–Trinajstić information content (AvgIpc) is 3.30. The Hall–Kier alpha value is -1.30. The van der Waals surface area contributed by atoms with E-state index in [-0.39, 0.29) is 0 Å². The fraction of sp³-hybridized carbons (Fsp3) is 0.895. The van der Waals surface area contributed by atoms with Gasteiger partial charge in [-0.3, -0.25) is 14.7 Å². The van der Waals surface area contributed by atoms with Crippen LogP contribution in [0.4, 0.5) is 0 Å². The van der Waals surface area contributed by atoms with Gasteiger partial charge in [0.1, 0.15) is 0 Å². The fourth-order valence-electron chi connectivity index (χ4n) is 3.82. The zero-order valence-corrected chi connectivity index (χ0v) is 15.8. The summed E-state index contributed by atoms with van der Waals surface area (Å²) in [5, 5.41) is 6.77. The summed E-state index contributed by atoms with van der Waals surface area (Å²) in [6, 6.07) is 0. The number of piperazine rings is 1. The molecule has 142 valence electrons. The van der Waals surface area contributed by atoms with Crippen LogP contribution in [0.5, 0.6) is 0 Å². The number of nitrogens with zero attached hydrogens (tertiary/aromatic N) is 3. The summed E-state index contributed by atoms with van der Waals surface area (Å²) < 4.78 is 0. The van der Waals surface area contributed by atoms with Crippen molar-refractivity contribution in [3.05, 3.63) is 0 Å². The van der Waals surface area contributed by atoms with Crippen LogP contribution in [-0.2, 0) is 4.79 Å². The van der Waals surface area contributed by atoms with E-state index in [9.17, 15) is 4.79 Å². The van der Waals surface area contributed by atoms with E-state index < -0.39 is 0 Å². The van der Waals surface area contributed by atoms with Crippen molar-refractivity contribution in [2.24, 2.45) is 16.8 Å². The molecule has 6 nitrogen and oxygen atoms in total. The smallest absolute Gasteiger partial charge is 0.225 e. The number of rotatable bonds is 7. The Balaban J connectivity index is 1.32. The Morgan fingerprint density at radius 1 is 1.04 bits per heavy atom. The molecule has 2 N–H and O–H groups in total. The maximum absolute atomic E-state index is 12.5. The van der Waals surface area contributed by atoms with Crippen molar-refractivity contribution in [1.29, 1.82) is 0 Å². The molecular weight excluding hydrogens is 314 g/mol. The molecule has 0 radical (unpaired) electrons. The van der Waals surface area contributed by atoms with Gasteiger partial charge in [-0.15, -0.1) is 0 Å². The van der Waals surface area contributed by atoms with Gasteiger partial charge >= 0.3 is 0 Å². The first-order chi connectivity index (χ1) is 12.3. The molecule has 0 aromatic rings. The Morgan fingerprint density at radius 2 is 1.76 bits per heavy atom. The molecule has 0 spiro atoms. The molecule has 0 unspecified atom stereocenters. The van der Waals surface area contributed by atoms with Crippen LogP contribution >= 0.6 is 0 Å². The standard InChI is InChI=1S/C19H35N5O/c1-2-20-19(22-15-16-7-8-16)21-9-10-23-11-13-24(14-12-23)18(25)17-5-3-4-6-17/h16-17H,2-15H2,1H3,(H2,20,21,22). The molecule has 0 atom stereocenters. The van der Waals surface area contributed by atoms with Crippen molar-refractivity contribution < 1.29 is 4.79 Å². The number of hydrogen-bond donors (Lipinski definition) is 2. The van der Waals surface area contributed by atoms with Gasteiger partial charge in [0, 0.05) is 58.3 Å². The first-order valence-corrected chi connectivity index (χ1v) is 10.3. The van der Waals surface area contributed by atoms with E-state index in [1.165, 1.54) is 25.7 Å². The molecular formula is C19H35N5O. The molecule has 1 saturated heterocycles. The number of carbonyl (C=O) groups excluding carboxylic acids is 1. The average molecular weight is 350 g/mol. The Morgan fingerprint density at radius 3 is 2.40 bits per heavy atom. The van der Waals surface area contributed by atoms with Crippen LogP contribution in [0.15, 0.2) is 4.99 Å². The van der Waals surface area contributed by atoms with E-state index in [4.69, 9.17) is 0 Å². The third-order valence-electron chi connectivity index (χ3n) is 5.66. The molecule has 25 heavy (non-hydrogen) atoms. The van der Waals surface area contributed by atoms with Crippen LogP contribution in [0, 0.1) is 11.8 Å². The Bertz CT molecular complexity index is 449. The molecule has 2 aliphatic carbocycles. The lowest BCUT2D eigenvalue weighted by Crippen LogP contribution is -2.51. The molecule has 1 heterocycles. The van der Waals surface area contributed by atoms with Crippen LogP contribution in [0.2, 0.25) is 0 Å². The van der Waals surface area contributed by atoms with Gasteiger partial charge in [0.2, 0.25) is 5.91 Å². The summed E-state index contributed by atoms with van der Waals surface area (Å²) in [4.78, 5) is 21.7. The highest BCUT2D eigenvalue weighted by atomic mass is 16.2. The van der Waals surface area contributed by atoms with Crippen LogP contribution in [-0.4, -0.2) is 74.0 Å². The summed E-state index contributed by atoms with van der Waals surface area (Å²) in [5.41, 5.74) is 0. The zero-order chi connectivity index (χ0) is 17.5. The number of guanidine groups is 1. The maximum Gasteiger partial charge on any atom is 0.225 e. The monoisotopic (exact) mass is 349 g/mol. The first-order valence-electron chi connectivity index (χ1n) is 10.3. The second-order valence-corrected chi connectivity index (χ2v) is 7.74. The number of nitrogens with one attached hydrogen (secondary N) is 2. The van der Waals surface area contributed by atoms with E-state index in [1.807, 2.05) is 0 Å². The van der Waals surface area contributed by atoms with Crippen molar-refractivity contribution in [2.75, 3.05) is 52.4 Å². The lowest BCUT2D eigenvalue weighted by molar-refractivity contribution is -0.137. The predicted molar refractivity (Wildman–Crippen MR) is 102 cm³/mol. The molecule has 0 aromatic heterocycles. The molecule has 3 aliphatic rings. The van der Waals surface area contributed by atoms with Gasteiger partial charge in [0.25, 0.3) is 0 Å². The molecule has 0 bridgehead atoms. The third kappa shape index (κ3) is 5.87. The van der Waals surface area contributed by atoms with Crippen LogP contribution < -0.4 is 10.6 Å². The van der Waals surface area contributed by atoms with E-state index in [0.29, 0.717) is 11.8 Å². The van der Waals surface area contributed by atoms with E-state index >= 15 is 0 Å². The lowest BCUT2D eigenvalue weighted by Gasteiger charge is -2.36. The first kappa shape index (κ1) is 18.5. The van der Waals surface area contributed by atoms with Gasteiger partial charge in [-0.2, -0.15) is 0 Å². The molecule has 2 saturated carbocycles.